The van der Waals surface area contributed by atoms with E-state index in [4.69, 9.17) is 11.5 Å². The van der Waals surface area contributed by atoms with Crippen LogP contribution in [0.3, 0.4) is 0 Å². The van der Waals surface area contributed by atoms with Crippen LogP contribution in [0.2, 0.25) is 0 Å². The van der Waals surface area contributed by atoms with Crippen molar-refractivity contribution in [2.75, 3.05) is 11.9 Å². The molecule has 5 N–H and O–H groups in total. The number of hydrogen-bond donors (Lipinski definition) is 3. The lowest BCUT2D eigenvalue weighted by atomic mass is 9.92. The van der Waals surface area contributed by atoms with Crippen molar-refractivity contribution in [3.8, 4) is 0 Å². The molecule has 4 nitrogen and oxygen atoms in total. The van der Waals surface area contributed by atoms with E-state index in [0.717, 1.165) is 18.5 Å². The summed E-state index contributed by atoms with van der Waals surface area (Å²) in [5.41, 5.74) is 12.3. The van der Waals surface area contributed by atoms with Crippen molar-refractivity contribution in [2.24, 2.45) is 11.5 Å². The Morgan fingerprint density at radius 3 is 2.35 bits per heavy atom. The number of anilines is 1. The lowest BCUT2D eigenvalue weighted by Crippen LogP contribution is -2.44. The third-order valence-corrected chi connectivity index (χ3v) is 3.34. The van der Waals surface area contributed by atoms with Gasteiger partial charge in [0.25, 0.3) is 5.91 Å². The van der Waals surface area contributed by atoms with Crippen LogP contribution in [0.5, 0.6) is 0 Å². The van der Waals surface area contributed by atoms with E-state index in [0.29, 0.717) is 12.1 Å². The molecule has 4 heteroatoms. The van der Waals surface area contributed by atoms with Crippen molar-refractivity contribution < 1.29 is 4.79 Å². The Kier molecular flexibility index (Phi) is 4.52. The number of amides is 1. The van der Waals surface area contributed by atoms with Crippen LogP contribution in [0.1, 0.15) is 37.0 Å². The van der Waals surface area contributed by atoms with Gasteiger partial charge in [-0.2, -0.15) is 0 Å². The van der Waals surface area contributed by atoms with E-state index in [2.05, 4.69) is 19.2 Å². The Hall–Kier alpha value is -1.55. The SMILES string of the molecule is CCC(CC)(CN)Nc1ccccc1C(N)=O. The second kappa shape index (κ2) is 5.68. The van der Waals surface area contributed by atoms with Crippen molar-refractivity contribution >= 4 is 11.6 Å². The third kappa shape index (κ3) is 2.97. The van der Waals surface area contributed by atoms with E-state index in [9.17, 15) is 4.79 Å². The second-order valence-corrected chi connectivity index (χ2v) is 4.23. The first-order valence-electron chi connectivity index (χ1n) is 5.95. The van der Waals surface area contributed by atoms with Gasteiger partial charge in [-0.25, -0.2) is 0 Å². The lowest BCUT2D eigenvalue weighted by molar-refractivity contribution is 0.100. The van der Waals surface area contributed by atoms with Gasteiger partial charge in [-0.15, -0.1) is 0 Å². The van der Waals surface area contributed by atoms with E-state index in [1.165, 1.54) is 0 Å². The first kappa shape index (κ1) is 13.5. The van der Waals surface area contributed by atoms with Gasteiger partial charge in [-0.3, -0.25) is 4.79 Å². The van der Waals surface area contributed by atoms with Gasteiger partial charge in [0.15, 0.2) is 0 Å². The molecule has 0 aliphatic carbocycles. The predicted octanol–water partition coefficient (Wildman–Crippen LogP) is 1.71. The van der Waals surface area contributed by atoms with Crippen LogP contribution in [0, 0.1) is 0 Å². The molecule has 0 aromatic heterocycles. The molecule has 0 spiro atoms. The summed E-state index contributed by atoms with van der Waals surface area (Å²) in [5.74, 6) is -0.425. The molecule has 17 heavy (non-hydrogen) atoms. The highest BCUT2D eigenvalue weighted by molar-refractivity contribution is 5.98. The molecule has 94 valence electrons. The summed E-state index contributed by atoms with van der Waals surface area (Å²) >= 11 is 0. The molecule has 0 unspecified atom stereocenters. The van der Waals surface area contributed by atoms with Gasteiger partial charge in [-0.1, -0.05) is 26.0 Å². The third-order valence-electron chi connectivity index (χ3n) is 3.34. The zero-order chi connectivity index (χ0) is 12.9. The van der Waals surface area contributed by atoms with Gasteiger partial charge in [-0.05, 0) is 25.0 Å². The highest BCUT2D eigenvalue weighted by atomic mass is 16.1. The van der Waals surface area contributed by atoms with Crippen LogP contribution in [-0.4, -0.2) is 18.0 Å². The summed E-state index contributed by atoms with van der Waals surface area (Å²) < 4.78 is 0. The number of rotatable bonds is 6. The Bertz CT molecular complexity index is 378. The summed E-state index contributed by atoms with van der Waals surface area (Å²) in [6, 6.07) is 7.25. The number of hydrogen-bond acceptors (Lipinski definition) is 3. The van der Waals surface area contributed by atoms with Gasteiger partial charge in [0.1, 0.15) is 0 Å². The van der Waals surface area contributed by atoms with E-state index < -0.39 is 5.91 Å². The Morgan fingerprint density at radius 2 is 1.88 bits per heavy atom. The van der Waals surface area contributed by atoms with Crippen LogP contribution in [0.4, 0.5) is 5.69 Å². The minimum absolute atomic E-state index is 0.175. The molecule has 0 heterocycles. The maximum absolute atomic E-state index is 11.3. The summed E-state index contributed by atoms with van der Waals surface area (Å²) in [6.07, 6.45) is 1.79. The summed E-state index contributed by atoms with van der Waals surface area (Å²) in [6.45, 7) is 4.68. The normalized spacial score (nSPS) is 11.2. The fraction of sp³-hybridized carbons (Fsp3) is 0.462. The standard InChI is InChI=1S/C13H21N3O/c1-3-13(4-2,9-14)16-11-8-6-5-7-10(11)12(15)17/h5-8,16H,3-4,9,14H2,1-2H3,(H2,15,17). The van der Waals surface area contributed by atoms with E-state index in [1.54, 1.807) is 12.1 Å². The van der Waals surface area contributed by atoms with Gasteiger partial charge in [0.2, 0.25) is 0 Å². The fourth-order valence-corrected chi connectivity index (χ4v) is 1.86. The first-order valence-corrected chi connectivity index (χ1v) is 5.95. The maximum Gasteiger partial charge on any atom is 0.250 e. The van der Waals surface area contributed by atoms with Crippen molar-refractivity contribution in [3.05, 3.63) is 29.8 Å². The number of nitrogens with one attached hydrogen (secondary N) is 1. The number of carbonyl (C=O) groups excluding carboxylic acids is 1. The molecule has 0 aliphatic heterocycles. The number of nitrogens with two attached hydrogens (primary N) is 2. The summed E-state index contributed by atoms with van der Waals surface area (Å²) in [4.78, 5) is 11.3. The monoisotopic (exact) mass is 235 g/mol. The highest BCUT2D eigenvalue weighted by Crippen LogP contribution is 2.23. The second-order valence-electron chi connectivity index (χ2n) is 4.23. The van der Waals surface area contributed by atoms with Crippen LogP contribution < -0.4 is 16.8 Å². The zero-order valence-corrected chi connectivity index (χ0v) is 10.5. The predicted molar refractivity (Wildman–Crippen MR) is 71.0 cm³/mol. The molecule has 0 saturated carbocycles. The number of carbonyl (C=O) groups is 1. The molecule has 1 amide bonds. The van der Waals surface area contributed by atoms with Crippen molar-refractivity contribution in [3.63, 3.8) is 0 Å². The van der Waals surface area contributed by atoms with E-state index in [-0.39, 0.29) is 5.54 Å². The zero-order valence-electron chi connectivity index (χ0n) is 10.5. The van der Waals surface area contributed by atoms with E-state index in [1.807, 2.05) is 12.1 Å². The first-order chi connectivity index (χ1) is 8.08. The molecule has 1 rings (SSSR count). The highest BCUT2D eigenvalue weighted by Gasteiger charge is 2.25. The lowest BCUT2D eigenvalue weighted by Gasteiger charge is -2.33. The van der Waals surface area contributed by atoms with Crippen molar-refractivity contribution in [2.45, 2.75) is 32.2 Å². The van der Waals surface area contributed by atoms with Crippen LogP contribution in [0.15, 0.2) is 24.3 Å². The van der Waals surface area contributed by atoms with Crippen molar-refractivity contribution in [1.82, 2.24) is 0 Å². The number of para-hydroxylation sites is 1. The molecular formula is C13H21N3O. The summed E-state index contributed by atoms with van der Waals surface area (Å²) in [7, 11) is 0. The van der Waals surface area contributed by atoms with Gasteiger partial charge < -0.3 is 16.8 Å². The van der Waals surface area contributed by atoms with Crippen LogP contribution in [0.25, 0.3) is 0 Å². The fourth-order valence-electron chi connectivity index (χ4n) is 1.86. The van der Waals surface area contributed by atoms with Gasteiger partial charge in [0, 0.05) is 17.8 Å². The molecule has 1 aromatic rings. The largest absolute Gasteiger partial charge is 0.378 e. The molecule has 0 aliphatic rings. The molecule has 1 aromatic carbocycles. The number of primary amides is 1. The van der Waals surface area contributed by atoms with Crippen LogP contribution >= 0.6 is 0 Å². The average molecular weight is 235 g/mol. The van der Waals surface area contributed by atoms with Gasteiger partial charge in [0.05, 0.1) is 5.56 Å². The van der Waals surface area contributed by atoms with Crippen LogP contribution in [-0.2, 0) is 0 Å². The summed E-state index contributed by atoms with van der Waals surface area (Å²) in [5, 5.41) is 3.37. The number of benzene rings is 1. The molecule has 0 radical (unpaired) electrons. The Labute approximate surface area is 102 Å². The molecule has 0 atom stereocenters. The Morgan fingerprint density at radius 1 is 1.29 bits per heavy atom. The molecular weight excluding hydrogens is 214 g/mol. The topological polar surface area (TPSA) is 81.1 Å². The maximum atomic E-state index is 11.3. The van der Waals surface area contributed by atoms with Crippen molar-refractivity contribution in [1.29, 1.82) is 0 Å². The quantitative estimate of drug-likeness (QED) is 0.702. The minimum Gasteiger partial charge on any atom is -0.378 e. The molecule has 0 bridgehead atoms. The Balaban J connectivity index is 3.05. The molecule has 0 saturated heterocycles. The average Bonchev–Trinajstić information content (AvgIpc) is 2.36. The smallest absolute Gasteiger partial charge is 0.250 e. The molecule has 0 fully saturated rings. The van der Waals surface area contributed by atoms with Gasteiger partial charge >= 0.3 is 0 Å². The van der Waals surface area contributed by atoms with E-state index >= 15 is 0 Å². The minimum atomic E-state index is -0.425.